The summed E-state index contributed by atoms with van der Waals surface area (Å²) in [6, 6.07) is 6.93. The van der Waals surface area contributed by atoms with Gasteiger partial charge in [-0.1, -0.05) is 38.0 Å². The zero-order chi connectivity index (χ0) is 15.7. The smallest absolute Gasteiger partial charge is 0.548 e. The van der Waals surface area contributed by atoms with Crippen molar-refractivity contribution in [3.8, 4) is 0 Å². The Bertz CT molecular complexity index is 726. The molecule has 1 aliphatic rings. The summed E-state index contributed by atoms with van der Waals surface area (Å²) < 4.78 is 0. The molecule has 0 saturated heterocycles. The van der Waals surface area contributed by atoms with Gasteiger partial charge < -0.3 is 19.8 Å². The molecule has 2 heterocycles. The minimum absolute atomic E-state index is 0. The third-order valence-corrected chi connectivity index (χ3v) is 4.37. The molecule has 116 valence electrons. The fraction of sp³-hybridized carbons (Fsp3) is 0.412. The van der Waals surface area contributed by atoms with Crippen molar-refractivity contribution in [2.24, 2.45) is 0 Å². The Morgan fingerprint density at radius 3 is 2.83 bits per heavy atom. The number of para-hydroxylation sites is 1. The molecule has 5 nitrogen and oxygen atoms in total. The zero-order valence-electron chi connectivity index (χ0n) is 13.6. The van der Waals surface area contributed by atoms with Crippen LogP contribution in [-0.2, 0) is 11.2 Å². The molecule has 1 aromatic heterocycles. The summed E-state index contributed by atoms with van der Waals surface area (Å²) in [6.07, 6.45) is 2.77. The molecule has 1 unspecified atom stereocenters. The summed E-state index contributed by atoms with van der Waals surface area (Å²) in [5.41, 5.74) is 2.43. The number of carbonyl (C=O) groups is 2. The van der Waals surface area contributed by atoms with E-state index < -0.39 is 12.0 Å². The van der Waals surface area contributed by atoms with Gasteiger partial charge in [0.05, 0.1) is 12.0 Å². The first-order chi connectivity index (χ1) is 10.6. The Morgan fingerprint density at radius 2 is 2.13 bits per heavy atom. The molecule has 0 bridgehead atoms. The molecule has 6 heteroatoms. The molecule has 1 aliphatic heterocycles. The van der Waals surface area contributed by atoms with Crippen molar-refractivity contribution in [3.63, 3.8) is 0 Å². The summed E-state index contributed by atoms with van der Waals surface area (Å²) in [7, 11) is 0. The number of carbonyl (C=O) groups excluding carboxylic acids is 2. The van der Waals surface area contributed by atoms with Crippen molar-refractivity contribution in [2.75, 3.05) is 6.54 Å². The monoisotopic (exact) mass is 306 g/mol. The van der Waals surface area contributed by atoms with Crippen LogP contribution in [0.4, 0.5) is 0 Å². The van der Waals surface area contributed by atoms with Crippen molar-refractivity contribution in [1.82, 2.24) is 9.88 Å². The molecule has 2 aromatic rings. The van der Waals surface area contributed by atoms with Crippen LogP contribution in [0.5, 0.6) is 0 Å². The largest absolute Gasteiger partial charge is 1.00 e. The molecule has 0 saturated carbocycles. The normalized spacial score (nSPS) is 15.2. The number of amides is 1. The number of rotatable bonds is 5. The second-order valence-corrected chi connectivity index (χ2v) is 5.75. The molecule has 1 amide bonds. The predicted octanol–water partition coefficient (Wildman–Crippen LogP) is -1.52. The Morgan fingerprint density at radius 1 is 1.39 bits per heavy atom. The van der Waals surface area contributed by atoms with Crippen LogP contribution in [-0.4, -0.2) is 34.3 Å². The van der Waals surface area contributed by atoms with Gasteiger partial charge in [-0.3, -0.25) is 4.79 Å². The average molecular weight is 306 g/mol. The molecule has 0 radical (unpaired) electrons. The van der Waals surface area contributed by atoms with E-state index in [0.717, 1.165) is 29.3 Å². The van der Waals surface area contributed by atoms with Gasteiger partial charge in [0, 0.05) is 17.4 Å². The third kappa shape index (κ3) is 3.17. The van der Waals surface area contributed by atoms with Gasteiger partial charge in [0.25, 0.3) is 5.91 Å². The van der Waals surface area contributed by atoms with Gasteiger partial charge in [-0.2, -0.15) is 0 Å². The van der Waals surface area contributed by atoms with Crippen molar-refractivity contribution >= 4 is 22.8 Å². The van der Waals surface area contributed by atoms with Gasteiger partial charge in [0.2, 0.25) is 0 Å². The number of unbranched alkanes of at least 4 members (excludes halogenated alkanes) is 1. The first-order valence-corrected chi connectivity index (χ1v) is 7.75. The number of aromatic nitrogens is 1. The van der Waals surface area contributed by atoms with E-state index in [4.69, 9.17) is 0 Å². The van der Waals surface area contributed by atoms with Crippen molar-refractivity contribution < 1.29 is 33.6 Å². The second-order valence-electron chi connectivity index (χ2n) is 5.75. The zero-order valence-corrected chi connectivity index (χ0v) is 13.6. The fourth-order valence-corrected chi connectivity index (χ4v) is 3.22. The first-order valence-electron chi connectivity index (χ1n) is 7.75. The van der Waals surface area contributed by atoms with Crippen LogP contribution in [0.25, 0.3) is 10.9 Å². The van der Waals surface area contributed by atoms with E-state index in [1.165, 1.54) is 4.90 Å². The molecule has 0 aliphatic carbocycles. The maximum absolute atomic E-state index is 12.7. The van der Waals surface area contributed by atoms with Crippen LogP contribution >= 0.6 is 0 Å². The number of carboxylic acid groups (broad SMARTS) is 1. The minimum atomic E-state index is -1.17. The molecule has 1 aromatic carbocycles. The maximum Gasteiger partial charge on any atom is 1.00 e. The number of aromatic amines is 1. The Balaban J connectivity index is 0.00000192. The average Bonchev–Trinajstić information content (AvgIpc) is 2.89. The van der Waals surface area contributed by atoms with Gasteiger partial charge in [0.15, 0.2) is 0 Å². The van der Waals surface area contributed by atoms with Crippen LogP contribution in [0.3, 0.4) is 0 Å². The number of H-pyrrole nitrogens is 1. The fourth-order valence-electron chi connectivity index (χ4n) is 3.22. The summed E-state index contributed by atoms with van der Waals surface area (Å²) in [6.45, 7) is 2.43. The molecule has 0 spiro atoms. The van der Waals surface area contributed by atoms with E-state index in [-0.39, 0.29) is 24.8 Å². The molecule has 1 N–H and O–H groups in total. The van der Waals surface area contributed by atoms with Crippen molar-refractivity contribution in [3.05, 3.63) is 35.5 Å². The predicted molar refractivity (Wildman–Crippen MR) is 81.4 cm³/mol. The summed E-state index contributed by atoms with van der Waals surface area (Å²) >= 11 is 0. The van der Waals surface area contributed by atoms with E-state index in [1.54, 1.807) is 0 Å². The van der Waals surface area contributed by atoms with E-state index in [0.29, 0.717) is 25.1 Å². The van der Waals surface area contributed by atoms with E-state index in [2.05, 4.69) is 4.98 Å². The molecule has 1 atom stereocenters. The van der Waals surface area contributed by atoms with Gasteiger partial charge in [0.1, 0.15) is 5.69 Å². The number of carboxylic acids is 1. The van der Waals surface area contributed by atoms with E-state index in [1.807, 2.05) is 31.2 Å². The molecule has 0 fully saturated rings. The van der Waals surface area contributed by atoms with Gasteiger partial charge in [-0.25, -0.2) is 0 Å². The maximum atomic E-state index is 12.7. The summed E-state index contributed by atoms with van der Waals surface area (Å²) in [5, 5.41) is 12.5. The SMILES string of the molecule is CCCCC(C(=O)[O-])N1CCc2c([nH]c3ccccc23)C1=O.[Li+]. The molecular weight excluding hydrogens is 287 g/mol. The Kier molecular flexibility index (Phi) is 5.56. The number of nitrogens with zero attached hydrogens (tertiary/aromatic N) is 1. The second kappa shape index (κ2) is 7.25. The van der Waals surface area contributed by atoms with Crippen LogP contribution in [0, 0.1) is 0 Å². The van der Waals surface area contributed by atoms with Crippen LogP contribution in [0.1, 0.15) is 42.2 Å². The number of benzene rings is 1. The standard InChI is InChI=1S/C17H20N2O3.Li/c1-2-3-8-14(17(21)22)19-10-9-12-11-6-4-5-7-13(11)18-15(12)16(19)20;/h4-7,14,18H,2-3,8-10H2,1H3,(H,21,22);/q;+1/p-1. The van der Waals surface area contributed by atoms with E-state index >= 15 is 0 Å². The van der Waals surface area contributed by atoms with Crippen LogP contribution in [0.15, 0.2) is 24.3 Å². The molecule has 3 rings (SSSR count). The van der Waals surface area contributed by atoms with Gasteiger partial charge in [-0.15, -0.1) is 0 Å². The van der Waals surface area contributed by atoms with Crippen LogP contribution in [0.2, 0.25) is 0 Å². The number of fused-ring (bicyclic) bond motifs is 3. The van der Waals surface area contributed by atoms with Crippen molar-refractivity contribution in [2.45, 2.75) is 38.6 Å². The summed E-state index contributed by atoms with van der Waals surface area (Å²) in [5.74, 6) is -1.40. The number of hydrogen-bond acceptors (Lipinski definition) is 3. The van der Waals surface area contributed by atoms with Gasteiger partial charge >= 0.3 is 18.9 Å². The molecular formula is C17H19LiN2O3. The Labute approximate surface area is 147 Å². The van der Waals surface area contributed by atoms with Gasteiger partial charge in [-0.05, 0) is 24.5 Å². The van der Waals surface area contributed by atoms with Crippen molar-refractivity contribution in [1.29, 1.82) is 0 Å². The Hall–Kier alpha value is -1.70. The first kappa shape index (κ1) is 17.6. The number of nitrogens with one attached hydrogen (secondary N) is 1. The summed E-state index contributed by atoms with van der Waals surface area (Å²) in [4.78, 5) is 28.7. The quantitative estimate of drug-likeness (QED) is 0.682. The topological polar surface area (TPSA) is 76.2 Å². The molecule has 23 heavy (non-hydrogen) atoms. The van der Waals surface area contributed by atoms with E-state index in [9.17, 15) is 14.7 Å². The third-order valence-electron chi connectivity index (χ3n) is 4.37. The number of hydrogen-bond donors (Lipinski definition) is 1. The van der Waals surface area contributed by atoms with Crippen LogP contribution < -0.4 is 24.0 Å². The number of aliphatic carboxylic acids is 1. The minimum Gasteiger partial charge on any atom is -0.548 e.